The number of ketones is 2. The highest BCUT2D eigenvalue weighted by atomic mass is 16.3. The molecule has 0 saturated carbocycles. The van der Waals surface area contributed by atoms with Crippen LogP contribution in [0.5, 0.6) is 0 Å². The molecule has 0 aromatic heterocycles. The van der Waals surface area contributed by atoms with E-state index in [0.29, 0.717) is 0 Å². The number of aliphatic imine (C=N–C) groups is 1. The summed E-state index contributed by atoms with van der Waals surface area (Å²) in [4.78, 5) is 24.4. The molecule has 1 radical (unpaired) electrons. The summed E-state index contributed by atoms with van der Waals surface area (Å²) in [5.41, 5.74) is 0.0174. The Labute approximate surface area is 56.9 Å². The molecule has 1 aliphatic rings. The van der Waals surface area contributed by atoms with Crippen LogP contribution >= 0.6 is 0 Å². The van der Waals surface area contributed by atoms with Gasteiger partial charge in [-0.3, -0.25) is 9.59 Å². The number of carbonyl (C=O) groups excluding carboxylic acids is 2. The average molecular weight is 138 g/mol. The molecule has 0 unspecified atom stereocenters. The monoisotopic (exact) mass is 138 g/mol. The van der Waals surface area contributed by atoms with E-state index in [1.165, 1.54) is 0 Å². The summed E-state index contributed by atoms with van der Waals surface area (Å²) < 4.78 is 0. The van der Waals surface area contributed by atoms with Crippen LogP contribution in [0.2, 0.25) is 0 Å². The van der Waals surface area contributed by atoms with Gasteiger partial charge in [-0.25, -0.2) is 4.99 Å². The fourth-order valence-corrected chi connectivity index (χ4v) is 0.537. The number of rotatable bonds is 1. The molecule has 1 aliphatic heterocycles. The van der Waals surface area contributed by atoms with E-state index < -0.39 is 18.2 Å². The van der Waals surface area contributed by atoms with E-state index in [2.05, 4.69) is 4.99 Å². The van der Waals surface area contributed by atoms with E-state index in [-0.39, 0.29) is 5.57 Å². The number of nitrogens with zero attached hydrogens (tertiary/aromatic N) is 1. The minimum atomic E-state index is -0.799. The topological polar surface area (TPSA) is 66.7 Å². The van der Waals surface area contributed by atoms with Crippen molar-refractivity contribution < 1.29 is 14.7 Å². The summed E-state index contributed by atoms with van der Waals surface area (Å²) in [6.07, 6.45) is 3.07. The lowest BCUT2D eigenvalue weighted by Gasteiger charge is -1.99. The van der Waals surface area contributed by atoms with Gasteiger partial charge in [-0.15, -0.1) is 0 Å². The molecule has 1 rings (SSSR count). The summed E-state index contributed by atoms with van der Waals surface area (Å²) >= 11 is 0. The minimum absolute atomic E-state index is 0.0174. The molecular weight excluding hydrogens is 134 g/mol. The molecule has 0 spiro atoms. The normalized spacial score (nSPS) is 17.5. The van der Waals surface area contributed by atoms with Gasteiger partial charge in [0, 0.05) is 11.8 Å². The van der Waals surface area contributed by atoms with E-state index in [1.807, 2.05) is 6.21 Å². The quantitative estimate of drug-likeness (QED) is 0.471. The maximum absolute atomic E-state index is 10.7. The molecule has 0 aromatic rings. The summed E-state index contributed by atoms with van der Waals surface area (Å²) in [6.45, 7) is -0.449. The van der Waals surface area contributed by atoms with Crippen LogP contribution in [0.25, 0.3) is 0 Å². The van der Waals surface area contributed by atoms with Crippen LogP contribution in [0.4, 0.5) is 0 Å². The zero-order valence-corrected chi connectivity index (χ0v) is 5.00. The molecular formula is C6H4NO3. The lowest BCUT2D eigenvalue weighted by Crippen LogP contribution is -2.21. The van der Waals surface area contributed by atoms with Gasteiger partial charge in [0.25, 0.3) is 5.78 Å². The molecule has 0 atom stereocenters. The molecule has 0 aromatic carbocycles. The maximum Gasteiger partial charge on any atom is 0.253 e. The number of aliphatic hydroxyl groups is 1. The van der Waals surface area contributed by atoms with Crippen molar-refractivity contribution in [1.29, 1.82) is 0 Å². The van der Waals surface area contributed by atoms with E-state index >= 15 is 0 Å². The van der Waals surface area contributed by atoms with Gasteiger partial charge in [-0.1, -0.05) is 0 Å². The molecule has 0 bridgehead atoms. The highest BCUT2D eigenvalue weighted by Gasteiger charge is 2.19. The van der Waals surface area contributed by atoms with Crippen molar-refractivity contribution in [2.24, 2.45) is 4.99 Å². The van der Waals surface area contributed by atoms with E-state index in [9.17, 15) is 9.59 Å². The Morgan fingerprint density at radius 2 is 2.30 bits per heavy atom. The van der Waals surface area contributed by atoms with Gasteiger partial charge < -0.3 is 5.11 Å². The molecule has 4 heteroatoms. The van der Waals surface area contributed by atoms with Crippen molar-refractivity contribution in [2.45, 2.75) is 0 Å². The van der Waals surface area contributed by atoms with Crippen molar-refractivity contribution in [1.82, 2.24) is 0 Å². The van der Waals surface area contributed by atoms with Gasteiger partial charge in [0.05, 0.1) is 6.61 Å². The van der Waals surface area contributed by atoms with E-state index in [0.717, 1.165) is 6.20 Å². The average Bonchev–Trinajstić information content (AvgIpc) is 1.95. The van der Waals surface area contributed by atoms with Crippen LogP contribution in [-0.4, -0.2) is 29.5 Å². The number of hydrogen-bond acceptors (Lipinski definition) is 4. The highest BCUT2D eigenvalue weighted by molar-refractivity contribution is 6.63. The summed E-state index contributed by atoms with van der Waals surface area (Å²) in [5, 5.41) is 8.45. The first kappa shape index (κ1) is 6.82. The first-order valence-electron chi connectivity index (χ1n) is 2.60. The first-order valence-corrected chi connectivity index (χ1v) is 2.60. The Morgan fingerprint density at radius 1 is 1.60 bits per heavy atom. The largest absolute Gasteiger partial charge is 0.391 e. The van der Waals surface area contributed by atoms with Crippen molar-refractivity contribution in [3.63, 3.8) is 0 Å². The Kier molecular flexibility index (Phi) is 1.73. The number of hydrogen-bond donors (Lipinski definition) is 1. The third-order valence-corrected chi connectivity index (χ3v) is 1.05. The zero-order valence-electron chi connectivity index (χ0n) is 5.00. The molecule has 51 valence electrons. The van der Waals surface area contributed by atoms with Crippen molar-refractivity contribution in [3.8, 4) is 0 Å². The summed E-state index contributed by atoms with van der Waals surface area (Å²) in [6, 6.07) is 0. The third-order valence-electron chi connectivity index (χ3n) is 1.05. The number of Topliss-reactive ketones (excluding diaryl/α,β-unsaturated/α-hetero) is 2. The first-order chi connectivity index (χ1) is 4.75. The molecule has 10 heavy (non-hydrogen) atoms. The Balaban J connectivity index is 2.92. The Hall–Kier alpha value is -1.29. The van der Waals surface area contributed by atoms with Crippen LogP contribution in [-0.2, 0) is 9.59 Å². The van der Waals surface area contributed by atoms with Gasteiger partial charge in [0.2, 0.25) is 5.78 Å². The van der Waals surface area contributed by atoms with Gasteiger partial charge in [-0.05, 0) is 0 Å². The number of aliphatic hydroxyl groups excluding tert-OH is 1. The number of carbonyl (C=O) groups is 2. The van der Waals surface area contributed by atoms with Crippen LogP contribution in [0, 0.1) is 0 Å². The predicted molar refractivity (Wildman–Crippen MR) is 32.6 cm³/mol. The Morgan fingerprint density at radius 3 is 2.80 bits per heavy atom. The fourth-order valence-electron chi connectivity index (χ4n) is 0.537. The van der Waals surface area contributed by atoms with Gasteiger partial charge >= 0.3 is 0 Å². The second kappa shape index (κ2) is 2.53. The van der Waals surface area contributed by atoms with Crippen molar-refractivity contribution >= 4 is 17.8 Å². The lowest BCUT2D eigenvalue weighted by atomic mass is 10.1. The van der Waals surface area contributed by atoms with Gasteiger partial charge in [0.1, 0.15) is 6.21 Å². The third kappa shape index (κ3) is 1.01. The summed E-state index contributed by atoms with van der Waals surface area (Å²) in [5.74, 6) is -1.52. The van der Waals surface area contributed by atoms with Gasteiger partial charge in [-0.2, -0.15) is 0 Å². The minimum Gasteiger partial charge on any atom is -0.391 e. The van der Waals surface area contributed by atoms with Crippen molar-refractivity contribution in [3.05, 3.63) is 11.8 Å². The van der Waals surface area contributed by atoms with Crippen LogP contribution in [0.3, 0.4) is 0 Å². The second-order valence-electron chi connectivity index (χ2n) is 1.71. The zero-order chi connectivity index (χ0) is 7.56. The molecule has 1 N–H and O–H groups in total. The molecule has 0 aliphatic carbocycles. The SMILES string of the molecule is O=C1[C]=NC=C(CO)C1=O. The van der Waals surface area contributed by atoms with Crippen LogP contribution < -0.4 is 0 Å². The predicted octanol–water partition coefficient (Wildman–Crippen LogP) is -1.04. The summed E-state index contributed by atoms with van der Waals surface area (Å²) in [7, 11) is 0. The molecule has 4 nitrogen and oxygen atoms in total. The van der Waals surface area contributed by atoms with E-state index in [1.54, 1.807) is 0 Å². The molecule has 0 amide bonds. The molecule has 0 saturated heterocycles. The lowest BCUT2D eigenvalue weighted by molar-refractivity contribution is -0.130. The molecule has 0 fully saturated rings. The highest BCUT2D eigenvalue weighted by Crippen LogP contribution is 2.00. The van der Waals surface area contributed by atoms with Crippen LogP contribution in [0.15, 0.2) is 16.8 Å². The molecule has 1 heterocycles. The Bertz CT molecular complexity index is 239. The van der Waals surface area contributed by atoms with Crippen LogP contribution in [0.1, 0.15) is 0 Å². The maximum atomic E-state index is 10.7. The van der Waals surface area contributed by atoms with E-state index in [4.69, 9.17) is 5.11 Å². The fraction of sp³-hybridized carbons (Fsp3) is 0.167. The second-order valence-corrected chi connectivity index (χ2v) is 1.71. The smallest absolute Gasteiger partial charge is 0.253 e. The van der Waals surface area contributed by atoms with Gasteiger partial charge in [0.15, 0.2) is 0 Å². The standard InChI is InChI=1S/C6H4NO3/c8-3-4-1-7-2-5(9)6(4)10/h1,8H,3H2. The van der Waals surface area contributed by atoms with Crippen molar-refractivity contribution in [2.75, 3.05) is 6.61 Å².